The van der Waals surface area contributed by atoms with Crippen molar-refractivity contribution in [3.8, 4) is 5.75 Å². The molecule has 0 aromatic heterocycles. The lowest BCUT2D eigenvalue weighted by atomic mass is 10.1. The molecule has 20 heavy (non-hydrogen) atoms. The van der Waals surface area contributed by atoms with E-state index in [-0.39, 0.29) is 21.5 Å². The van der Waals surface area contributed by atoms with Crippen LogP contribution in [-0.4, -0.2) is 11.0 Å². The van der Waals surface area contributed by atoms with Gasteiger partial charge in [0.15, 0.2) is 0 Å². The molecular weight excluding hydrogens is 332 g/mol. The average Bonchev–Trinajstić information content (AvgIpc) is 2.38. The van der Waals surface area contributed by atoms with Crippen molar-refractivity contribution in [2.75, 3.05) is 5.32 Å². The highest BCUT2D eigenvalue weighted by Crippen LogP contribution is 2.25. The Balaban J connectivity index is 2.32. The first-order valence-electron chi connectivity index (χ1n) is 5.64. The Morgan fingerprint density at radius 2 is 1.90 bits per heavy atom. The summed E-state index contributed by atoms with van der Waals surface area (Å²) in [4.78, 5) is 12.0. The van der Waals surface area contributed by atoms with Crippen LogP contribution < -0.4 is 5.32 Å². The number of carbonyl (C=O) groups is 1. The number of hydrogen-bond acceptors (Lipinski definition) is 2. The highest BCUT2D eigenvalue weighted by atomic mass is 79.9. The fourth-order valence-corrected chi connectivity index (χ4v) is 1.96. The summed E-state index contributed by atoms with van der Waals surface area (Å²) in [5.74, 6) is -2.42. The van der Waals surface area contributed by atoms with Crippen LogP contribution >= 0.6 is 15.9 Å². The van der Waals surface area contributed by atoms with E-state index in [1.54, 1.807) is 13.0 Å². The first kappa shape index (κ1) is 14.5. The minimum absolute atomic E-state index is 0.00673. The molecule has 104 valence electrons. The number of nitrogens with one attached hydrogen (secondary N) is 1. The van der Waals surface area contributed by atoms with E-state index in [1.807, 2.05) is 0 Å². The van der Waals surface area contributed by atoms with Crippen LogP contribution in [0.1, 0.15) is 15.9 Å². The number of halogens is 3. The number of amides is 1. The molecule has 0 spiro atoms. The van der Waals surface area contributed by atoms with Gasteiger partial charge in [0.1, 0.15) is 17.4 Å². The van der Waals surface area contributed by atoms with Crippen LogP contribution in [0.5, 0.6) is 5.75 Å². The molecule has 2 rings (SSSR count). The van der Waals surface area contributed by atoms with Crippen molar-refractivity contribution < 1.29 is 18.7 Å². The van der Waals surface area contributed by atoms with Crippen LogP contribution in [0, 0.1) is 18.6 Å². The SMILES string of the molecule is Cc1ccc(O)c(C(=O)Nc2cc(F)c(Br)cc2F)c1. The van der Waals surface area contributed by atoms with E-state index in [4.69, 9.17) is 0 Å². The van der Waals surface area contributed by atoms with Gasteiger partial charge in [0.05, 0.1) is 15.7 Å². The van der Waals surface area contributed by atoms with E-state index in [9.17, 15) is 18.7 Å². The van der Waals surface area contributed by atoms with Crippen molar-refractivity contribution in [1.82, 2.24) is 0 Å². The predicted octanol–water partition coefficient (Wildman–Crippen LogP) is 3.99. The van der Waals surface area contributed by atoms with Crippen molar-refractivity contribution >= 4 is 27.5 Å². The molecule has 0 aliphatic carbocycles. The minimum atomic E-state index is -0.779. The largest absolute Gasteiger partial charge is 0.507 e. The first-order chi connectivity index (χ1) is 9.38. The van der Waals surface area contributed by atoms with Gasteiger partial charge in [0.2, 0.25) is 0 Å². The van der Waals surface area contributed by atoms with Crippen molar-refractivity contribution in [2.45, 2.75) is 6.92 Å². The molecule has 0 unspecified atom stereocenters. The van der Waals surface area contributed by atoms with Gasteiger partial charge < -0.3 is 10.4 Å². The highest BCUT2D eigenvalue weighted by Gasteiger charge is 2.15. The molecule has 1 amide bonds. The molecule has 6 heteroatoms. The van der Waals surface area contributed by atoms with Gasteiger partial charge in [-0.1, -0.05) is 11.6 Å². The Morgan fingerprint density at radius 3 is 2.60 bits per heavy atom. The molecule has 0 aliphatic heterocycles. The molecule has 2 N–H and O–H groups in total. The van der Waals surface area contributed by atoms with Crippen LogP contribution in [-0.2, 0) is 0 Å². The van der Waals surface area contributed by atoms with Crippen LogP contribution in [0.4, 0.5) is 14.5 Å². The van der Waals surface area contributed by atoms with Gasteiger partial charge in [0.25, 0.3) is 5.91 Å². The maximum atomic E-state index is 13.6. The molecule has 2 aromatic carbocycles. The molecule has 3 nitrogen and oxygen atoms in total. The molecule has 0 heterocycles. The summed E-state index contributed by atoms with van der Waals surface area (Å²) >= 11 is 2.84. The number of aryl methyl sites for hydroxylation is 1. The topological polar surface area (TPSA) is 49.3 Å². The lowest BCUT2D eigenvalue weighted by Gasteiger charge is -2.09. The van der Waals surface area contributed by atoms with Gasteiger partial charge in [-0.05, 0) is 41.1 Å². The lowest BCUT2D eigenvalue weighted by molar-refractivity contribution is 0.102. The zero-order valence-corrected chi connectivity index (χ0v) is 12.0. The van der Waals surface area contributed by atoms with Gasteiger partial charge in [-0.15, -0.1) is 0 Å². The zero-order valence-electron chi connectivity index (χ0n) is 10.4. The van der Waals surface area contributed by atoms with E-state index < -0.39 is 17.5 Å². The van der Waals surface area contributed by atoms with Crippen LogP contribution in [0.2, 0.25) is 0 Å². The first-order valence-corrected chi connectivity index (χ1v) is 6.43. The van der Waals surface area contributed by atoms with Crippen molar-refractivity contribution in [1.29, 1.82) is 0 Å². The quantitative estimate of drug-likeness (QED) is 0.811. The number of rotatable bonds is 2. The van der Waals surface area contributed by atoms with Crippen LogP contribution in [0.25, 0.3) is 0 Å². The van der Waals surface area contributed by atoms with Crippen LogP contribution in [0.3, 0.4) is 0 Å². The second-order valence-electron chi connectivity index (χ2n) is 4.22. The highest BCUT2D eigenvalue weighted by molar-refractivity contribution is 9.10. The molecule has 0 fully saturated rings. The van der Waals surface area contributed by atoms with Gasteiger partial charge in [-0.2, -0.15) is 0 Å². The molecule has 2 aromatic rings. The molecule has 0 aliphatic rings. The van der Waals surface area contributed by atoms with Gasteiger partial charge in [-0.3, -0.25) is 4.79 Å². The van der Waals surface area contributed by atoms with E-state index in [2.05, 4.69) is 21.2 Å². The molecule has 0 atom stereocenters. The summed E-state index contributed by atoms with van der Waals surface area (Å²) in [5, 5.41) is 11.8. The van der Waals surface area contributed by atoms with E-state index >= 15 is 0 Å². The Kier molecular flexibility index (Phi) is 4.04. The van der Waals surface area contributed by atoms with Crippen molar-refractivity contribution in [3.05, 3.63) is 57.6 Å². The van der Waals surface area contributed by atoms with E-state index in [1.165, 1.54) is 12.1 Å². The second-order valence-corrected chi connectivity index (χ2v) is 5.08. The smallest absolute Gasteiger partial charge is 0.259 e. The Hall–Kier alpha value is -1.95. The van der Waals surface area contributed by atoms with Gasteiger partial charge >= 0.3 is 0 Å². The number of carbonyl (C=O) groups excluding carboxylic acids is 1. The number of hydrogen-bond donors (Lipinski definition) is 2. The average molecular weight is 342 g/mol. The molecular formula is C14H10BrF2NO2. The standard InChI is InChI=1S/C14H10BrF2NO2/c1-7-2-3-13(19)8(4-7)14(20)18-12-6-10(16)9(15)5-11(12)17/h2-6,19H,1H3,(H,18,20). The van der Waals surface area contributed by atoms with E-state index in [0.29, 0.717) is 0 Å². The minimum Gasteiger partial charge on any atom is -0.507 e. The fourth-order valence-electron chi connectivity index (χ4n) is 1.64. The number of benzene rings is 2. The summed E-state index contributed by atoms with van der Waals surface area (Å²) in [6.07, 6.45) is 0. The summed E-state index contributed by atoms with van der Waals surface area (Å²) in [6.45, 7) is 1.75. The summed E-state index contributed by atoms with van der Waals surface area (Å²) < 4.78 is 26.9. The van der Waals surface area contributed by atoms with Gasteiger partial charge in [-0.25, -0.2) is 8.78 Å². The number of aromatic hydroxyl groups is 1. The number of anilines is 1. The normalized spacial score (nSPS) is 10.4. The van der Waals surface area contributed by atoms with Gasteiger partial charge in [0, 0.05) is 6.07 Å². The summed E-state index contributed by atoms with van der Waals surface area (Å²) in [7, 11) is 0. The molecule has 0 saturated carbocycles. The Bertz CT molecular complexity index is 689. The monoisotopic (exact) mass is 341 g/mol. The summed E-state index contributed by atoms with van der Waals surface area (Å²) in [5.41, 5.74) is 0.458. The summed E-state index contributed by atoms with van der Waals surface area (Å²) in [6, 6.07) is 6.23. The number of phenolic OH excluding ortho intramolecular Hbond substituents is 1. The lowest BCUT2D eigenvalue weighted by Crippen LogP contribution is -2.13. The van der Waals surface area contributed by atoms with Crippen LogP contribution in [0.15, 0.2) is 34.8 Å². The van der Waals surface area contributed by atoms with Crippen molar-refractivity contribution in [3.63, 3.8) is 0 Å². The fraction of sp³-hybridized carbons (Fsp3) is 0.0714. The third-order valence-electron chi connectivity index (χ3n) is 2.65. The zero-order chi connectivity index (χ0) is 14.9. The van der Waals surface area contributed by atoms with Crippen molar-refractivity contribution in [2.24, 2.45) is 0 Å². The third-order valence-corrected chi connectivity index (χ3v) is 3.26. The van der Waals surface area contributed by atoms with E-state index in [0.717, 1.165) is 17.7 Å². The third kappa shape index (κ3) is 2.96. The number of phenols is 1. The second kappa shape index (κ2) is 5.58. The molecule has 0 saturated heterocycles. The predicted molar refractivity (Wildman–Crippen MR) is 74.9 cm³/mol. The molecule has 0 radical (unpaired) electrons. The Labute approximate surface area is 122 Å². The maximum absolute atomic E-state index is 13.6. The Morgan fingerprint density at radius 1 is 1.20 bits per heavy atom. The maximum Gasteiger partial charge on any atom is 0.259 e. The molecule has 0 bridgehead atoms.